The number of nitrogens with one attached hydrogen (secondary N) is 3. The van der Waals surface area contributed by atoms with Crippen molar-refractivity contribution in [1.82, 2.24) is 16.0 Å². The van der Waals surface area contributed by atoms with E-state index >= 15 is 0 Å². The van der Waals surface area contributed by atoms with Gasteiger partial charge in [-0.1, -0.05) is 149 Å². The van der Waals surface area contributed by atoms with Gasteiger partial charge in [-0.2, -0.15) is 11.8 Å². The van der Waals surface area contributed by atoms with Gasteiger partial charge in [0.05, 0.1) is 15.1 Å². The Morgan fingerprint density at radius 3 is 1.69 bits per heavy atom. The van der Waals surface area contributed by atoms with Crippen molar-refractivity contribution >= 4 is 99.6 Å². The second-order valence-corrected chi connectivity index (χ2v) is 14.5. The normalized spacial score (nSPS) is 11.8. The zero-order valence-corrected chi connectivity index (χ0v) is 33.4. The number of benzene rings is 4. The SMILES string of the molecule is O=C(CC[C@H](NC(=O)OCc1ccccc1)C(=O)OCc1ccccc1)N[C@H](CSCc1ccccc1)C(=O)NCC(=O)Oc1c(Cl)c(Cl)c(Cl)c(Cl)c1Cl. The molecular weight excluding hydrogens is 836 g/mol. The van der Waals surface area contributed by atoms with E-state index in [1.54, 1.807) is 48.5 Å². The summed E-state index contributed by atoms with van der Waals surface area (Å²) in [5, 5.41) is 6.55. The molecule has 0 unspecified atom stereocenters. The molecule has 0 bridgehead atoms. The van der Waals surface area contributed by atoms with Gasteiger partial charge >= 0.3 is 18.0 Å². The Balaban J connectivity index is 1.39. The zero-order chi connectivity index (χ0) is 39.7. The molecule has 0 fully saturated rings. The van der Waals surface area contributed by atoms with E-state index < -0.39 is 48.5 Å². The fourth-order valence-electron chi connectivity index (χ4n) is 4.69. The third-order valence-electron chi connectivity index (χ3n) is 7.51. The third kappa shape index (κ3) is 14.1. The van der Waals surface area contributed by atoms with E-state index in [1.807, 2.05) is 42.5 Å². The van der Waals surface area contributed by atoms with E-state index in [0.717, 1.165) is 16.7 Å². The summed E-state index contributed by atoms with van der Waals surface area (Å²) in [6.45, 7) is -0.766. The molecule has 0 aliphatic heterocycles. The molecular formula is C38H34Cl5N3O8S. The molecule has 4 aromatic rings. The van der Waals surface area contributed by atoms with Crippen molar-refractivity contribution in [3.05, 3.63) is 133 Å². The van der Waals surface area contributed by atoms with Crippen LogP contribution in [-0.2, 0) is 47.6 Å². The number of rotatable bonds is 18. The van der Waals surface area contributed by atoms with Crippen LogP contribution in [0.4, 0.5) is 4.79 Å². The Hall–Kier alpha value is -4.17. The molecule has 4 aromatic carbocycles. The van der Waals surface area contributed by atoms with Crippen molar-refractivity contribution in [1.29, 1.82) is 0 Å². The minimum absolute atomic E-state index is 0.0504. The molecule has 0 heterocycles. The van der Waals surface area contributed by atoms with Crippen LogP contribution in [-0.4, -0.2) is 54.2 Å². The summed E-state index contributed by atoms with van der Waals surface area (Å²) in [6.07, 6.45) is -1.38. The number of hydrogen-bond donors (Lipinski definition) is 3. The summed E-state index contributed by atoms with van der Waals surface area (Å²) in [4.78, 5) is 65.2. The molecule has 11 nitrogen and oxygen atoms in total. The quantitative estimate of drug-likeness (QED) is 0.0390. The summed E-state index contributed by atoms with van der Waals surface area (Å²) in [7, 11) is 0. The van der Waals surface area contributed by atoms with E-state index in [1.165, 1.54) is 11.8 Å². The van der Waals surface area contributed by atoms with Gasteiger partial charge in [0.2, 0.25) is 11.8 Å². The maximum Gasteiger partial charge on any atom is 0.408 e. The van der Waals surface area contributed by atoms with Crippen molar-refractivity contribution in [3.8, 4) is 5.75 Å². The second kappa shape index (κ2) is 22.4. The van der Waals surface area contributed by atoms with Crippen LogP contribution in [0.25, 0.3) is 0 Å². The van der Waals surface area contributed by atoms with Gasteiger partial charge in [-0.3, -0.25) is 9.59 Å². The summed E-state index contributed by atoms with van der Waals surface area (Å²) in [6, 6.07) is 24.9. The van der Waals surface area contributed by atoms with Crippen molar-refractivity contribution in [2.75, 3.05) is 12.3 Å². The maximum absolute atomic E-state index is 13.4. The largest absolute Gasteiger partial charge is 0.459 e. The number of ether oxygens (including phenoxy) is 3. The van der Waals surface area contributed by atoms with Crippen LogP contribution in [0, 0.1) is 0 Å². The summed E-state index contributed by atoms with van der Waals surface area (Å²) in [5.41, 5.74) is 2.43. The van der Waals surface area contributed by atoms with E-state index in [0.29, 0.717) is 5.75 Å². The molecule has 4 rings (SSSR count). The van der Waals surface area contributed by atoms with Gasteiger partial charge in [-0.25, -0.2) is 14.4 Å². The lowest BCUT2D eigenvalue weighted by Gasteiger charge is -2.20. The molecule has 17 heteroatoms. The van der Waals surface area contributed by atoms with Gasteiger partial charge in [0, 0.05) is 17.9 Å². The Morgan fingerprint density at radius 1 is 0.618 bits per heavy atom. The van der Waals surface area contributed by atoms with Crippen molar-refractivity contribution < 1.29 is 38.2 Å². The summed E-state index contributed by atoms with van der Waals surface area (Å²) >= 11 is 31.8. The van der Waals surface area contributed by atoms with Crippen molar-refractivity contribution in [2.24, 2.45) is 0 Å². The summed E-state index contributed by atoms with van der Waals surface area (Å²) in [5.74, 6) is -2.82. The number of esters is 2. The molecule has 0 aromatic heterocycles. The third-order valence-corrected chi connectivity index (χ3v) is 10.9. The first kappa shape index (κ1) is 43.6. The highest BCUT2D eigenvalue weighted by Crippen LogP contribution is 2.48. The molecule has 0 aliphatic rings. The lowest BCUT2D eigenvalue weighted by Crippen LogP contribution is -2.50. The lowest BCUT2D eigenvalue weighted by atomic mass is 10.1. The van der Waals surface area contributed by atoms with Crippen LogP contribution in [0.15, 0.2) is 91.0 Å². The van der Waals surface area contributed by atoms with Gasteiger partial charge < -0.3 is 30.2 Å². The molecule has 0 aliphatic carbocycles. The van der Waals surface area contributed by atoms with Gasteiger partial charge in [0.15, 0.2) is 5.75 Å². The number of carbonyl (C=O) groups excluding carboxylic acids is 5. The Labute approximate surface area is 346 Å². The van der Waals surface area contributed by atoms with Crippen molar-refractivity contribution in [3.63, 3.8) is 0 Å². The molecule has 3 amide bonds. The standard InChI is InChI=1S/C38H34Cl5N3O8S/c39-30-31(40)33(42)35(34(43)32(30)41)54-29(48)18-44-36(49)27(22-55-21-25-14-8-3-9-15-25)45-28(47)17-16-26(37(50)52-19-23-10-4-1-5-11-23)46-38(51)53-20-24-12-6-2-7-13-24/h1-15,26-27H,16-22H2,(H,44,49)(H,45,47)(H,46,51)/t26-,27+/m0/s1. The molecule has 0 spiro atoms. The number of alkyl carbamates (subject to hydrolysis) is 1. The fraction of sp³-hybridized carbons (Fsp3) is 0.237. The predicted octanol–water partition coefficient (Wildman–Crippen LogP) is 8.21. The molecule has 55 heavy (non-hydrogen) atoms. The van der Waals surface area contributed by atoms with E-state index in [4.69, 9.17) is 72.2 Å². The Morgan fingerprint density at radius 2 is 1.13 bits per heavy atom. The summed E-state index contributed by atoms with van der Waals surface area (Å²) < 4.78 is 16.0. The number of amides is 3. The topological polar surface area (TPSA) is 149 Å². The average Bonchev–Trinajstić information content (AvgIpc) is 3.20. The highest BCUT2D eigenvalue weighted by molar-refractivity contribution is 7.98. The molecule has 2 atom stereocenters. The Kier molecular flexibility index (Phi) is 17.7. The predicted molar refractivity (Wildman–Crippen MR) is 214 cm³/mol. The minimum atomic E-state index is -1.26. The van der Waals surface area contributed by atoms with Crippen LogP contribution in [0.2, 0.25) is 25.1 Å². The highest BCUT2D eigenvalue weighted by Gasteiger charge is 2.28. The van der Waals surface area contributed by atoms with Gasteiger partial charge in [-0.15, -0.1) is 0 Å². The van der Waals surface area contributed by atoms with E-state index in [-0.39, 0.29) is 62.7 Å². The second-order valence-electron chi connectivity index (χ2n) is 11.6. The number of thioether (sulfide) groups is 1. The van der Waals surface area contributed by atoms with Gasteiger partial charge in [0.1, 0.15) is 41.9 Å². The van der Waals surface area contributed by atoms with Crippen LogP contribution in [0.1, 0.15) is 29.5 Å². The number of halogens is 5. The molecule has 290 valence electrons. The molecule has 3 N–H and O–H groups in total. The van der Waals surface area contributed by atoms with E-state index in [2.05, 4.69) is 16.0 Å². The molecule has 0 radical (unpaired) electrons. The first-order valence-corrected chi connectivity index (χ1v) is 19.6. The van der Waals surface area contributed by atoms with Crippen LogP contribution in [0.3, 0.4) is 0 Å². The average molecular weight is 870 g/mol. The minimum Gasteiger partial charge on any atom is -0.459 e. The highest BCUT2D eigenvalue weighted by atomic mass is 35.5. The fourth-order valence-corrected chi connectivity index (χ4v) is 6.90. The Bertz CT molecular complexity index is 1920. The molecule has 0 saturated heterocycles. The number of hydrogen-bond acceptors (Lipinski definition) is 9. The smallest absolute Gasteiger partial charge is 0.408 e. The number of carbonyl (C=O) groups is 5. The first-order chi connectivity index (χ1) is 26.4. The maximum atomic E-state index is 13.4. The van der Waals surface area contributed by atoms with Crippen LogP contribution in [0.5, 0.6) is 5.75 Å². The van der Waals surface area contributed by atoms with Crippen LogP contribution >= 0.6 is 69.8 Å². The lowest BCUT2D eigenvalue weighted by molar-refractivity contribution is -0.147. The zero-order valence-electron chi connectivity index (χ0n) is 28.8. The monoisotopic (exact) mass is 867 g/mol. The first-order valence-electron chi connectivity index (χ1n) is 16.5. The van der Waals surface area contributed by atoms with E-state index in [9.17, 15) is 24.0 Å². The van der Waals surface area contributed by atoms with Crippen molar-refractivity contribution in [2.45, 2.75) is 43.9 Å². The molecule has 0 saturated carbocycles. The van der Waals surface area contributed by atoms with Gasteiger partial charge in [0.25, 0.3) is 0 Å². The van der Waals surface area contributed by atoms with Gasteiger partial charge in [-0.05, 0) is 23.1 Å². The van der Waals surface area contributed by atoms with Crippen LogP contribution < -0.4 is 20.7 Å².